The molecule has 6 nitrogen and oxygen atoms in total. The zero-order chi connectivity index (χ0) is 17.7. The summed E-state index contributed by atoms with van der Waals surface area (Å²) in [5.41, 5.74) is 3.02. The summed E-state index contributed by atoms with van der Waals surface area (Å²) >= 11 is 1.39. The van der Waals surface area contributed by atoms with Crippen molar-refractivity contribution < 1.29 is 9.53 Å². The second kappa shape index (κ2) is 8.53. The Balaban J connectivity index is 0.00000112. The number of ether oxygens (including phenoxy) is 1. The van der Waals surface area contributed by atoms with Gasteiger partial charge in [0.2, 0.25) is 5.13 Å². The molecular formula is C19H24Cl2N4O2S. The molecule has 0 unspecified atom stereocenters. The largest absolute Gasteiger partial charge is 0.493 e. The summed E-state index contributed by atoms with van der Waals surface area (Å²) in [6.07, 6.45) is 4.73. The fourth-order valence-corrected chi connectivity index (χ4v) is 4.25. The van der Waals surface area contributed by atoms with Gasteiger partial charge in [0.15, 0.2) is 0 Å². The van der Waals surface area contributed by atoms with Crippen molar-refractivity contribution in [3.05, 3.63) is 33.8 Å². The molecule has 2 N–H and O–H groups in total. The monoisotopic (exact) mass is 442 g/mol. The molecule has 5 rings (SSSR count). The summed E-state index contributed by atoms with van der Waals surface area (Å²) in [6.45, 7) is 3.71. The van der Waals surface area contributed by atoms with Gasteiger partial charge in [0, 0.05) is 23.9 Å². The van der Waals surface area contributed by atoms with E-state index < -0.39 is 0 Å². The van der Waals surface area contributed by atoms with E-state index in [4.69, 9.17) is 4.74 Å². The second-order valence-electron chi connectivity index (χ2n) is 7.53. The minimum absolute atomic E-state index is 0. The van der Waals surface area contributed by atoms with Crippen LogP contribution in [0.3, 0.4) is 0 Å². The minimum atomic E-state index is -0.125. The van der Waals surface area contributed by atoms with Crippen molar-refractivity contribution in [2.45, 2.75) is 44.6 Å². The highest BCUT2D eigenvalue weighted by atomic mass is 35.5. The maximum atomic E-state index is 12.7. The fourth-order valence-electron chi connectivity index (χ4n) is 3.67. The third-order valence-electron chi connectivity index (χ3n) is 5.38. The number of hydrogen-bond acceptors (Lipinski definition) is 6. The van der Waals surface area contributed by atoms with Crippen molar-refractivity contribution >= 4 is 47.2 Å². The quantitative estimate of drug-likeness (QED) is 0.712. The van der Waals surface area contributed by atoms with Crippen molar-refractivity contribution in [1.29, 1.82) is 0 Å². The normalized spacial score (nSPS) is 21.8. The van der Waals surface area contributed by atoms with E-state index in [1.54, 1.807) is 0 Å². The number of fused-ring (bicyclic) bond motifs is 1. The molecule has 0 radical (unpaired) electrons. The standard InChI is InChI=1S/C19H22N4O2S.2ClH/c1-10-22-23-19(26-10)21-18(24)13-6-12-4-5-25-17(12)15(7-13)14-8-16(14)20-9-11-2-3-11;;/h6-7,11,14,16,20H,2-5,8-9H2,1H3,(H,21,23,24);2*1H/t14-,16+;;/m0../s1. The van der Waals surface area contributed by atoms with Gasteiger partial charge in [-0.05, 0) is 61.9 Å². The number of aryl methyl sites for hydroxylation is 1. The van der Waals surface area contributed by atoms with Crippen LogP contribution >= 0.6 is 36.2 Å². The predicted molar refractivity (Wildman–Crippen MR) is 115 cm³/mol. The van der Waals surface area contributed by atoms with Gasteiger partial charge >= 0.3 is 0 Å². The number of aromatic nitrogens is 2. The lowest BCUT2D eigenvalue weighted by Crippen LogP contribution is -2.20. The molecule has 0 saturated heterocycles. The van der Waals surface area contributed by atoms with Crippen LogP contribution in [0, 0.1) is 12.8 Å². The molecule has 1 amide bonds. The molecule has 1 aromatic heterocycles. The number of carbonyl (C=O) groups excluding carboxylic acids is 1. The first kappa shape index (κ1) is 21.3. The molecule has 2 saturated carbocycles. The molecule has 0 bridgehead atoms. The molecule has 152 valence electrons. The Bertz CT molecular complexity index is 872. The topological polar surface area (TPSA) is 76.1 Å². The molecule has 2 fully saturated rings. The Kier molecular flexibility index (Phi) is 6.49. The van der Waals surface area contributed by atoms with Gasteiger partial charge in [-0.1, -0.05) is 11.3 Å². The lowest BCUT2D eigenvalue weighted by Gasteiger charge is -2.11. The number of anilines is 1. The molecule has 9 heteroatoms. The van der Waals surface area contributed by atoms with Crippen molar-refractivity contribution in [3.63, 3.8) is 0 Å². The average molecular weight is 443 g/mol. The smallest absolute Gasteiger partial charge is 0.257 e. The van der Waals surface area contributed by atoms with Crippen molar-refractivity contribution in [2.75, 3.05) is 18.5 Å². The van der Waals surface area contributed by atoms with Gasteiger partial charge in [-0.3, -0.25) is 10.1 Å². The van der Waals surface area contributed by atoms with E-state index in [1.807, 2.05) is 19.1 Å². The van der Waals surface area contributed by atoms with E-state index in [0.29, 0.717) is 29.3 Å². The van der Waals surface area contributed by atoms with Crippen molar-refractivity contribution in [2.24, 2.45) is 5.92 Å². The lowest BCUT2D eigenvalue weighted by atomic mass is 9.99. The zero-order valence-corrected chi connectivity index (χ0v) is 18.0. The van der Waals surface area contributed by atoms with Crippen LogP contribution in [-0.2, 0) is 6.42 Å². The van der Waals surface area contributed by atoms with Crippen LogP contribution < -0.4 is 15.4 Å². The van der Waals surface area contributed by atoms with Gasteiger partial charge in [0.25, 0.3) is 5.91 Å². The number of benzene rings is 1. The van der Waals surface area contributed by atoms with E-state index >= 15 is 0 Å². The predicted octanol–water partition coefficient (Wildman–Crippen LogP) is 3.73. The number of amides is 1. The lowest BCUT2D eigenvalue weighted by molar-refractivity contribution is 0.102. The highest BCUT2D eigenvalue weighted by Crippen LogP contribution is 2.48. The number of carbonyl (C=O) groups is 1. The van der Waals surface area contributed by atoms with Crippen LogP contribution in [-0.4, -0.2) is 35.3 Å². The van der Waals surface area contributed by atoms with Crippen LogP contribution in [0.2, 0.25) is 0 Å². The van der Waals surface area contributed by atoms with E-state index in [9.17, 15) is 4.79 Å². The average Bonchev–Trinajstić information content (AvgIpc) is 3.51. The number of halogens is 2. The summed E-state index contributed by atoms with van der Waals surface area (Å²) in [5.74, 6) is 2.22. The van der Waals surface area contributed by atoms with Crippen LogP contribution in [0.15, 0.2) is 12.1 Å². The summed E-state index contributed by atoms with van der Waals surface area (Å²) in [6, 6.07) is 4.49. The van der Waals surface area contributed by atoms with Crippen LogP contribution in [0.4, 0.5) is 5.13 Å². The third kappa shape index (κ3) is 4.43. The molecule has 1 aromatic carbocycles. The number of nitrogens with one attached hydrogen (secondary N) is 2. The van der Waals surface area contributed by atoms with Crippen LogP contribution in [0.1, 0.15) is 51.7 Å². The first-order valence-corrected chi connectivity index (χ1v) is 10.1. The first-order valence-electron chi connectivity index (χ1n) is 9.32. The fraction of sp³-hybridized carbons (Fsp3) is 0.526. The van der Waals surface area contributed by atoms with Gasteiger partial charge in [-0.15, -0.1) is 35.0 Å². The van der Waals surface area contributed by atoms with Gasteiger partial charge in [-0.2, -0.15) is 0 Å². The van der Waals surface area contributed by atoms with Crippen molar-refractivity contribution in [3.8, 4) is 5.75 Å². The van der Waals surface area contributed by atoms with Crippen LogP contribution in [0.25, 0.3) is 0 Å². The Morgan fingerprint density at radius 2 is 2.11 bits per heavy atom. The Labute approximate surface area is 180 Å². The second-order valence-corrected chi connectivity index (χ2v) is 8.71. The van der Waals surface area contributed by atoms with E-state index in [2.05, 4.69) is 20.8 Å². The first-order chi connectivity index (χ1) is 12.7. The van der Waals surface area contributed by atoms with Gasteiger partial charge in [0.1, 0.15) is 10.8 Å². The summed E-state index contributed by atoms with van der Waals surface area (Å²) in [5, 5.41) is 15.9. The van der Waals surface area contributed by atoms with E-state index in [0.717, 1.165) is 41.6 Å². The SMILES string of the molecule is Cc1nnc(NC(=O)c2cc3c(c([C@@H]4C[C@H]4NCC4CC4)c2)OCC3)s1.Cl.Cl. The maximum absolute atomic E-state index is 12.7. The molecule has 2 aromatic rings. The van der Waals surface area contributed by atoms with E-state index in [1.165, 1.54) is 29.7 Å². The van der Waals surface area contributed by atoms with Crippen molar-refractivity contribution in [1.82, 2.24) is 15.5 Å². The molecule has 2 atom stereocenters. The summed E-state index contributed by atoms with van der Waals surface area (Å²) < 4.78 is 5.89. The molecular weight excluding hydrogens is 419 g/mol. The highest BCUT2D eigenvalue weighted by molar-refractivity contribution is 7.15. The number of nitrogens with zero attached hydrogens (tertiary/aromatic N) is 2. The third-order valence-corrected chi connectivity index (χ3v) is 6.13. The van der Waals surface area contributed by atoms with Gasteiger partial charge in [-0.25, -0.2) is 0 Å². The molecule has 2 heterocycles. The van der Waals surface area contributed by atoms with E-state index in [-0.39, 0.29) is 30.7 Å². The highest BCUT2D eigenvalue weighted by Gasteiger charge is 2.42. The zero-order valence-electron chi connectivity index (χ0n) is 15.6. The molecule has 2 aliphatic carbocycles. The maximum Gasteiger partial charge on any atom is 0.257 e. The summed E-state index contributed by atoms with van der Waals surface area (Å²) in [7, 11) is 0. The number of hydrogen-bond donors (Lipinski definition) is 2. The van der Waals surface area contributed by atoms with Gasteiger partial charge < -0.3 is 10.1 Å². The Hall–Kier alpha value is -1.41. The Morgan fingerprint density at radius 1 is 1.29 bits per heavy atom. The number of rotatable bonds is 6. The molecule has 28 heavy (non-hydrogen) atoms. The molecule has 1 aliphatic heterocycles. The molecule has 0 spiro atoms. The van der Waals surface area contributed by atoms with Crippen LogP contribution in [0.5, 0.6) is 5.75 Å². The molecule has 3 aliphatic rings. The summed E-state index contributed by atoms with van der Waals surface area (Å²) in [4.78, 5) is 12.7. The Morgan fingerprint density at radius 3 is 2.82 bits per heavy atom. The van der Waals surface area contributed by atoms with Gasteiger partial charge in [0.05, 0.1) is 6.61 Å². The minimum Gasteiger partial charge on any atom is -0.493 e.